The third kappa shape index (κ3) is 3.20. The molecule has 88 valence electrons. The number of piperidine rings is 1. The SMILES string of the molecule is CCC1(C(=O)NC(C)(C)C)CCCNC1. The maximum atomic E-state index is 12.2. The van der Waals surface area contributed by atoms with Crippen molar-refractivity contribution in [2.75, 3.05) is 13.1 Å². The van der Waals surface area contributed by atoms with Crippen LogP contribution in [0.2, 0.25) is 0 Å². The molecule has 1 fully saturated rings. The van der Waals surface area contributed by atoms with Crippen LogP contribution in [0.3, 0.4) is 0 Å². The summed E-state index contributed by atoms with van der Waals surface area (Å²) in [5.41, 5.74) is -0.303. The van der Waals surface area contributed by atoms with Gasteiger partial charge in [0.15, 0.2) is 0 Å². The summed E-state index contributed by atoms with van der Waals surface area (Å²) in [6.07, 6.45) is 3.03. The molecule has 0 bridgehead atoms. The van der Waals surface area contributed by atoms with E-state index in [4.69, 9.17) is 0 Å². The van der Waals surface area contributed by atoms with Crippen molar-refractivity contribution in [2.24, 2.45) is 5.41 Å². The van der Waals surface area contributed by atoms with Crippen molar-refractivity contribution in [1.82, 2.24) is 10.6 Å². The molecule has 3 nitrogen and oxygen atoms in total. The molecule has 1 amide bonds. The number of nitrogens with one attached hydrogen (secondary N) is 2. The van der Waals surface area contributed by atoms with Crippen LogP contribution < -0.4 is 10.6 Å². The van der Waals surface area contributed by atoms with Crippen molar-refractivity contribution in [3.05, 3.63) is 0 Å². The van der Waals surface area contributed by atoms with Crippen molar-refractivity contribution in [1.29, 1.82) is 0 Å². The maximum absolute atomic E-state index is 12.2. The van der Waals surface area contributed by atoms with Crippen LogP contribution in [-0.4, -0.2) is 24.5 Å². The second-order valence-electron chi connectivity index (χ2n) is 5.62. The van der Waals surface area contributed by atoms with E-state index < -0.39 is 0 Å². The molecule has 1 atom stereocenters. The molecule has 0 saturated carbocycles. The van der Waals surface area contributed by atoms with Crippen LogP contribution in [-0.2, 0) is 4.79 Å². The third-order valence-corrected chi connectivity index (χ3v) is 3.12. The Morgan fingerprint density at radius 2 is 2.13 bits per heavy atom. The molecule has 0 aromatic carbocycles. The molecule has 3 heteroatoms. The second kappa shape index (κ2) is 4.52. The van der Waals surface area contributed by atoms with Gasteiger partial charge in [-0.15, -0.1) is 0 Å². The Hall–Kier alpha value is -0.570. The van der Waals surface area contributed by atoms with Gasteiger partial charge in [-0.2, -0.15) is 0 Å². The molecule has 1 aliphatic heterocycles. The highest BCUT2D eigenvalue weighted by molar-refractivity contribution is 5.83. The Morgan fingerprint density at radius 1 is 1.47 bits per heavy atom. The first-order valence-electron chi connectivity index (χ1n) is 5.93. The van der Waals surface area contributed by atoms with Crippen molar-refractivity contribution in [2.45, 2.75) is 52.5 Å². The van der Waals surface area contributed by atoms with Crippen molar-refractivity contribution < 1.29 is 4.79 Å². The Bertz CT molecular complexity index is 224. The molecular weight excluding hydrogens is 188 g/mol. The summed E-state index contributed by atoms with van der Waals surface area (Å²) in [6, 6.07) is 0. The van der Waals surface area contributed by atoms with Crippen molar-refractivity contribution in [3.63, 3.8) is 0 Å². The lowest BCUT2D eigenvalue weighted by Gasteiger charge is -2.37. The van der Waals surface area contributed by atoms with E-state index in [1.165, 1.54) is 0 Å². The van der Waals surface area contributed by atoms with E-state index in [-0.39, 0.29) is 16.9 Å². The first-order chi connectivity index (χ1) is 6.90. The van der Waals surface area contributed by atoms with E-state index >= 15 is 0 Å². The van der Waals surface area contributed by atoms with Gasteiger partial charge in [-0.1, -0.05) is 6.92 Å². The van der Waals surface area contributed by atoms with Crippen LogP contribution in [0.5, 0.6) is 0 Å². The highest BCUT2D eigenvalue weighted by Crippen LogP contribution is 2.30. The number of hydrogen-bond donors (Lipinski definition) is 2. The fourth-order valence-electron chi connectivity index (χ4n) is 2.10. The van der Waals surface area contributed by atoms with Crippen LogP contribution in [0.25, 0.3) is 0 Å². The Balaban J connectivity index is 2.68. The molecule has 0 aromatic heterocycles. The van der Waals surface area contributed by atoms with Gasteiger partial charge in [-0.25, -0.2) is 0 Å². The van der Waals surface area contributed by atoms with Crippen molar-refractivity contribution >= 4 is 5.91 Å². The lowest BCUT2D eigenvalue weighted by molar-refractivity contribution is -0.133. The van der Waals surface area contributed by atoms with Gasteiger partial charge in [-0.05, 0) is 46.6 Å². The molecule has 1 rings (SSSR count). The Labute approximate surface area is 93.0 Å². The average Bonchev–Trinajstić information content (AvgIpc) is 2.16. The van der Waals surface area contributed by atoms with Crippen LogP contribution in [0.15, 0.2) is 0 Å². The molecule has 1 saturated heterocycles. The quantitative estimate of drug-likeness (QED) is 0.731. The predicted molar refractivity (Wildman–Crippen MR) is 62.7 cm³/mol. The summed E-state index contributed by atoms with van der Waals surface area (Å²) in [4.78, 5) is 12.2. The summed E-state index contributed by atoms with van der Waals surface area (Å²) < 4.78 is 0. The molecule has 0 aromatic rings. The minimum atomic E-state index is -0.175. The molecular formula is C12H24N2O. The molecule has 1 unspecified atom stereocenters. The van der Waals surface area contributed by atoms with Gasteiger partial charge < -0.3 is 10.6 Å². The van der Waals surface area contributed by atoms with Crippen LogP contribution in [0.1, 0.15) is 47.0 Å². The number of rotatable bonds is 2. The third-order valence-electron chi connectivity index (χ3n) is 3.12. The zero-order valence-electron chi connectivity index (χ0n) is 10.4. The van der Waals surface area contributed by atoms with Gasteiger partial charge in [0.05, 0.1) is 5.41 Å². The molecule has 0 spiro atoms. The summed E-state index contributed by atoms with van der Waals surface area (Å²) >= 11 is 0. The van der Waals surface area contributed by atoms with Gasteiger partial charge in [0.1, 0.15) is 0 Å². The number of carbonyl (C=O) groups is 1. The number of hydrogen-bond acceptors (Lipinski definition) is 2. The largest absolute Gasteiger partial charge is 0.351 e. The summed E-state index contributed by atoms with van der Waals surface area (Å²) in [7, 11) is 0. The average molecular weight is 212 g/mol. The second-order valence-corrected chi connectivity index (χ2v) is 5.62. The first kappa shape index (κ1) is 12.5. The lowest BCUT2D eigenvalue weighted by Crippen LogP contribution is -2.54. The van der Waals surface area contributed by atoms with E-state index in [1.807, 2.05) is 20.8 Å². The zero-order valence-corrected chi connectivity index (χ0v) is 10.4. The molecule has 2 N–H and O–H groups in total. The fourth-order valence-corrected chi connectivity index (χ4v) is 2.10. The normalized spacial score (nSPS) is 27.5. The fraction of sp³-hybridized carbons (Fsp3) is 0.917. The maximum Gasteiger partial charge on any atom is 0.227 e. The zero-order chi connectivity index (χ0) is 11.5. The summed E-state index contributed by atoms with van der Waals surface area (Å²) in [5.74, 6) is 0.213. The molecule has 15 heavy (non-hydrogen) atoms. The van der Waals surface area contributed by atoms with Gasteiger partial charge in [-0.3, -0.25) is 4.79 Å². The Morgan fingerprint density at radius 3 is 2.53 bits per heavy atom. The lowest BCUT2D eigenvalue weighted by atomic mass is 9.77. The monoisotopic (exact) mass is 212 g/mol. The minimum Gasteiger partial charge on any atom is -0.351 e. The van der Waals surface area contributed by atoms with E-state index in [0.29, 0.717) is 0 Å². The highest BCUT2D eigenvalue weighted by atomic mass is 16.2. The summed E-state index contributed by atoms with van der Waals surface area (Å²) in [5, 5.41) is 6.43. The van der Waals surface area contributed by atoms with Crippen LogP contribution in [0.4, 0.5) is 0 Å². The van der Waals surface area contributed by atoms with E-state index in [1.54, 1.807) is 0 Å². The van der Waals surface area contributed by atoms with E-state index in [2.05, 4.69) is 17.6 Å². The first-order valence-corrected chi connectivity index (χ1v) is 5.93. The van der Waals surface area contributed by atoms with Gasteiger partial charge >= 0.3 is 0 Å². The standard InChI is InChI=1S/C12H24N2O/c1-5-12(7-6-8-13-9-12)10(15)14-11(2,3)4/h13H,5-9H2,1-4H3,(H,14,15). The van der Waals surface area contributed by atoms with Crippen LogP contribution >= 0.6 is 0 Å². The minimum absolute atomic E-state index is 0.128. The highest BCUT2D eigenvalue weighted by Gasteiger charge is 2.38. The molecule has 1 aliphatic rings. The molecule has 0 radical (unpaired) electrons. The van der Waals surface area contributed by atoms with Gasteiger partial charge in [0.2, 0.25) is 5.91 Å². The summed E-state index contributed by atoms with van der Waals surface area (Å²) in [6.45, 7) is 10.1. The van der Waals surface area contributed by atoms with E-state index in [9.17, 15) is 4.79 Å². The molecule has 1 heterocycles. The number of amides is 1. The van der Waals surface area contributed by atoms with Gasteiger partial charge in [0, 0.05) is 12.1 Å². The topological polar surface area (TPSA) is 41.1 Å². The molecule has 0 aliphatic carbocycles. The smallest absolute Gasteiger partial charge is 0.227 e. The number of carbonyl (C=O) groups excluding carboxylic acids is 1. The van der Waals surface area contributed by atoms with Crippen molar-refractivity contribution in [3.8, 4) is 0 Å². The van der Waals surface area contributed by atoms with E-state index in [0.717, 1.165) is 32.4 Å². The predicted octanol–water partition coefficient (Wildman–Crippen LogP) is 1.68. The van der Waals surface area contributed by atoms with Crippen LogP contribution in [0, 0.1) is 5.41 Å². The van der Waals surface area contributed by atoms with Gasteiger partial charge in [0.25, 0.3) is 0 Å². The Kier molecular flexibility index (Phi) is 3.77.